The summed E-state index contributed by atoms with van der Waals surface area (Å²) in [5.74, 6) is -0.532. The average molecular weight is 365 g/mol. The van der Waals surface area contributed by atoms with Crippen molar-refractivity contribution in [1.82, 2.24) is 15.2 Å². The zero-order valence-electron chi connectivity index (χ0n) is 14.1. The van der Waals surface area contributed by atoms with Gasteiger partial charge in [0.05, 0.1) is 4.90 Å². The summed E-state index contributed by atoms with van der Waals surface area (Å²) in [7, 11) is -0.858. The predicted molar refractivity (Wildman–Crippen MR) is 90.3 cm³/mol. The van der Waals surface area contributed by atoms with Gasteiger partial charge in [0, 0.05) is 26.1 Å². The Kier molecular flexibility index (Phi) is 5.60. The smallest absolute Gasteiger partial charge is 0.305 e. The molecule has 1 aromatic carbocycles. The molecule has 1 heterocycles. The van der Waals surface area contributed by atoms with Crippen LogP contribution in [0.2, 0.25) is 0 Å². The second kappa shape index (κ2) is 7.49. The molecule has 0 spiro atoms. The molecule has 2 aromatic rings. The fourth-order valence-electron chi connectivity index (χ4n) is 1.95. The number of carbonyl (C=O) groups is 2. The molecule has 9 heteroatoms. The fraction of sp³-hybridized carbons (Fsp3) is 0.250. The van der Waals surface area contributed by atoms with Crippen molar-refractivity contribution in [1.29, 1.82) is 0 Å². The van der Waals surface area contributed by atoms with Crippen molar-refractivity contribution in [3.05, 3.63) is 53.5 Å². The van der Waals surface area contributed by atoms with Crippen molar-refractivity contribution in [2.75, 3.05) is 14.1 Å². The van der Waals surface area contributed by atoms with E-state index in [4.69, 9.17) is 4.42 Å². The van der Waals surface area contributed by atoms with Gasteiger partial charge in [-0.05, 0) is 30.3 Å². The number of hydrazine groups is 1. The summed E-state index contributed by atoms with van der Waals surface area (Å²) in [5.41, 5.74) is 4.54. The highest BCUT2D eigenvalue weighted by Crippen LogP contribution is 2.14. The maximum absolute atomic E-state index is 12.1. The highest BCUT2D eigenvalue weighted by molar-refractivity contribution is 7.89. The quantitative estimate of drug-likeness (QED) is 0.773. The third-order valence-electron chi connectivity index (χ3n) is 3.40. The molecule has 134 valence electrons. The highest BCUT2D eigenvalue weighted by atomic mass is 32.2. The van der Waals surface area contributed by atoms with E-state index in [0.717, 1.165) is 4.31 Å². The molecule has 0 atom stereocenters. The fourth-order valence-corrected chi connectivity index (χ4v) is 2.89. The Morgan fingerprint density at radius 1 is 1.08 bits per heavy atom. The molecular formula is C16H19N3O5S. The maximum Gasteiger partial charge on any atom is 0.305 e. The number of benzene rings is 1. The Balaban J connectivity index is 2.07. The van der Waals surface area contributed by atoms with Crippen LogP contribution < -0.4 is 10.9 Å². The molecule has 0 bridgehead atoms. The summed E-state index contributed by atoms with van der Waals surface area (Å²) in [5, 5.41) is 0. The molecule has 0 saturated heterocycles. The van der Waals surface area contributed by atoms with Gasteiger partial charge in [-0.25, -0.2) is 12.7 Å². The molecule has 2 amide bonds. The molecule has 1 aromatic heterocycles. The summed E-state index contributed by atoms with van der Waals surface area (Å²) in [4.78, 5) is 24.0. The number of nitrogens with one attached hydrogen (secondary N) is 2. The van der Waals surface area contributed by atoms with Crippen LogP contribution in [-0.2, 0) is 16.4 Å². The van der Waals surface area contributed by atoms with E-state index in [2.05, 4.69) is 10.9 Å². The second-order valence-corrected chi connectivity index (χ2v) is 7.49. The van der Waals surface area contributed by atoms with Crippen LogP contribution in [-0.4, -0.2) is 38.6 Å². The second-order valence-electron chi connectivity index (χ2n) is 5.34. The lowest BCUT2D eigenvalue weighted by Gasteiger charge is -2.12. The molecule has 0 aliphatic carbocycles. The van der Waals surface area contributed by atoms with Crippen LogP contribution in [0, 0.1) is 0 Å². The molecule has 0 radical (unpaired) electrons. The zero-order chi connectivity index (χ0) is 18.6. The van der Waals surface area contributed by atoms with Gasteiger partial charge in [-0.3, -0.25) is 20.4 Å². The van der Waals surface area contributed by atoms with Gasteiger partial charge in [-0.1, -0.05) is 13.0 Å². The number of aryl methyl sites for hydroxylation is 1. The van der Waals surface area contributed by atoms with E-state index in [1.54, 1.807) is 6.07 Å². The number of carbonyl (C=O) groups excluding carboxylic acids is 2. The lowest BCUT2D eigenvalue weighted by Crippen LogP contribution is -2.41. The molecule has 0 fully saturated rings. The van der Waals surface area contributed by atoms with Gasteiger partial charge >= 0.3 is 5.91 Å². The van der Waals surface area contributed by atoms with Gasteiger partial charge in [-0.15, -0.1) is 0 Å². The first kappa shape index (κ1) is 18.7. The monoisotopic (exact) mass is 365 g/mol. The van der Waals surface area contributed by atoms with Crippen molar-refractivity contribution in [2.45, 2.75) is 18.2 Å². The van der Waals surface area contributed by atoms with E-state index in [9.17, 15) is 18.0 Å². The van der Waals surface area contributed by atoms with Crippen LogP contribution in [0.25, 0.3) is 0 Å². The van der Waals surface area contributed by atoms with Crippen LogP contribution >= 0.6 is 0 Å². The number of furan rings is 1. The first-order valence-corrected chi connectivity index (χ1v) is 8.91. The largest absolute Gasteiger partial charge is 0.456 e. The lowest BCUT2D eigenvalue weighted by atomic mass is 10.2. The average Bonchev–Trinajstić information content (AvgIpc) is 3.08. The van der Waals surface area contributed by atoms with Gasteiger partial charge in [0.2, 0.25) is 10.0 Å². The molecular weight excluding hydrogens is 346 g/mol. The predicted octanol–water partition coefficient (Wildman–Crippen LogP) is 1.17. The number of hydrogen-bond donors (Lipinski definition) is 2. The molecule has 0 aliphatic rings. The van der Waals surface area contributed by atoms with Gasteiger partial charge in [-0.2, -0.15) is 0 Å². The van der Waals surface area contributed by atoms with Crippen LogP contribution in [0.4, 0.5) is 0 Å². The van der Waals surface area contributed by atoms with E-state index in [1.807, 2.05) is 6.92 Å². The maximum atomic E-state index is 12.1. The summed E-state index contributed by atoms with van der Waals surface area (Å²) in [6.07, 6.45) is 0.646. The summed E-state index contributed by atoms with van der Waals surface area (Å²) >= 11 is 0. The number of amides is 2. The van der Waals surface area contributed by atoms with Crippen molar-refractivity contribution in [3.8, 4) is 0 Å². The molecule has 0 aliphatic heterocycles. The minimum Gasteiger partial charge on any atom is -0.456 e. The molecule has 0 saturated carbocycles. The van der Waals surface area contributed by atoms with E-state index >= 15 is 0 Å². The summed E-state index contributed by atoms with van der Waals surface area (Å²) in [6.45, 7) is 1.89. The van der Waals surface area contributed by atoms with Gasteiger partial charge in [0.1, 0.15) is 5.76 Å². The number of sulfonamides is 1. The Morgan fingerprint density at radius 2 is 1.76 bits per heavy atom. The Labute approximate surface area is 145 Å². The minimum absolute atomic E-state index is 0.0184. The number of rotatable bonds is 5. The van der Waals surface area contributed by atoms with Gasteiger partial charge in [0.15, 0.2) is 5.76 Å². The van der Waals surface area contributed by atoms with Crippen LogP contribution in [0.5, 0.6) is 0 Å². The molecule has 0 unspecified atom stereocenters. The summed E-state index contributed by atoms with van der Waals surface area (Å²) < 4.78 is 30.5. The topological polar surface area (TPSA) is 109 Å². The molecule has 2 rings (SSSR count). The van der Waals surface area contributed by atoms with Gasteiger partial charge in [0.25, 0.3) is 5.91 Å². The zero-order valence-corrected chi connectivity index (χ0v) is 14.9. The van der Waals surface area contributed by atoms with Crippen LogP contribution in [0.15, 0.2) is 45.7 Å². The third kappa shape index (κ3) is 4.25. The van der Waals surface area contributed by atoms with Crippen molar-refractivity contribution < 1.29 is 22.4 Å². The lowest BCUT2D eigenvalue weighted by molar-refractivity contribution is 0.0830. The molecule has 8 nitrogen and oxygen atoms in total. The first-order valence-electron chi connectivity index (χ1n) is 7.47. The Bertz CT molecular complexity index is 887. The minimum atomic E-state index is -3.66. The number of hydrogen-bond acceptors (Lipinski definition) is 5. The van der Waals surface area contributed by atoms with Gasteiger partial charge < -0.3 is 4.42 Å². The first-order chi connectivity index (χ1) is 11.8. The van der Waals surface area contributed by atoms with E-state index < -0.39 is 21.8 Å². The Hall–Kier alpha value is -2.65. The van der Waals surface area contributed by atoms with E-state index in [-0.39, 0.29) is 16.2 Å². The number of nitrogens with zero attached hydrogens (tertiary/aromatic N) is 1. The third-order valence-corrected chi connectivity index (χ3v) is 5.21. The normalized spacial score (nSPS) is 11.4. The SMILES string of the molecule is CCc1ccc(C(=O)NNC(=O)c2cccc(S(=O)(=O)N(C)C)c2)o1. The Morgan fingerprint density at radius 3 is 2.36 bits per heavy atom. The van der Waals surface area contributed by atoms with E-state index in [1.165, 1.54) is 44.4 Å². The highest BCUT2D eigenvalue weighted by Gasteiger charge is 2.19. The van der Waals surface area contributed by atoms with E-state index in [0.29, 0.717) is 12.2 Å². The van der Waals surface area contributed by atoms with Crippen molar-refractivity contribution in [3.63, 3.8) is 0 Å². The van der Waals surface area contributed by atoms with Crippen LogP contribution in [0.3, 0.4) is 0 Å². The van der Waals surface area contributed by atoms with Crippen molar-refractivity contribution >= 4 is 21.8 Å². The standard InChI is InChI=1S/C16H19N3O5S/c1-4-12-8-9-14(24-12)16(21)18-17-15(20)11-6-5-7-13(10-11)25(22,23)19(2)3/h5-10H,4H2,1-3H3,(H,17,20)(H,18,21). The molecule has 2 N–H and O–H groups in total. The van der Waals surface area contributed by atoms with Crippen molar-refractivity contribution in [2.24, 2.45) is 0 Å². The molecule has 25 heavy (non-hydrogen) atoms. The summed E-state index contributed by atoms with van der Waals surface area (Å²) in [6, 6.07) is 8.70. The van der Waals surface area contributed by atoms with Crippen LogP contribution in [0.1, 0.15) is 33.6 Å².